The lowest BCUT2D eigenvalue weighted by atomic mass is 9.91. The van der Waals surface area contributed by atoms with Crippen molar-refractivity contribution in [2.45, 2.75) is 59.0 Å². The third kappa shape index (κ3) is 4.40. The monoisotopic (exact) mass is 297 g/mol. The average Bonchev–Trinajstić information content (AvgIpc) is 2.71. The number of rotatable bonds is 6. The number of aromatic amines is 1. The molecule has 1 aromatic heterocycles. The zero-order chi connectivity index (χ0) is 15.3. The molecule has 0 aliphatic heterocycles. The topological polar surface area (TPSA) is 51.3 Å². The van der Waals surface area contributed by atoms with E-state index in [1.807, 2.05) is 0 Å². The van der Waals surface area contributed by atoms with E-state index < -0.39 is 9.04 Å². The van der Waals surface area contributed by atoms with Gasteiger partial charge in [0.05, 0.1) is 12.3 Å². The van der Waals surface area contributed by atoms with Crippen molar-refractivity contribution < 1.29 is 14.0 Å². The van der Waals surface area contributed by atoms with Crippen molar-refractivity contribution in [2.75, 3.05) is 6.61 Å². The summed E-state index contributed by atoms with van der Waals surface area (Å²) in [7, 11) is -1.29. The minimum atomic E-state index is -1.29. The minimum absolute atomic E-state index is 0.0967. The van der Waals surface area contributed by atoms with Crippen LogP contribution in [0, 0.1) is 0 Å². The van der Waals surface area contributed by atoms with Gasteiger partial charge in [-0.25, -0.2) is 4.79 Å². The molecule has 1 rings (SSSR count). The molecule has 0 aliphatic carbocycles. The Labute approximate surface area is 123 Å². The second-order valence-electron chi connectivity index (χ2n) is 6.31. The molecule has 0 amide bonds. The van der Waals surface area contributed by atoms with Gasteiger partial charge < -0.3 is 14.1 Å². The minimum Gasteiger partial charge on any atom is -0.545 e. The molecule has 114 valence electrons. The fourth-order valence-corrected chi connectivity index (χ4v) is 2.58. The summed E-state index contributed by atoms with van der Waals surface area (Å²) >= 11 is 0. The number of hydrogen-bond donors (Lipinski definition) is 1. The first kappa shape index (κ1) is 16.8. The third-order valence-electron chi connectivity index (χ3n) is 2.89. The number of unbranched alkanes of at least 4 members (excludes halogenated alkanes) is 1. The molecule has 1 N–H and O–H groups in total. The molecular formula is C15H27NO3Si. The molecule has 20 heavy (non-hydrogen) atoms. The van der Waals surface area contributed by atoms with Crippen LogP contribution in [0.5, 0.6) is 5.75 Å². The molecule has 0 aliphatic rings. The van der Waals surface area contributed by atoms with Crippen molar-refractivity contribution in [1.82, 2.24) is 4.98 Å². The van der Waals surface area contributed by atoms with Crippen molar-refractivity contribution in [1.29, 1.82) is 0 Å². The SMILES string of the molecule is CCCCOC(=O)c1c[nH]c(C(C)(C)C)c1O[SiH](C)C. The molecule has 0 atom stereocenters. The maximum Gasteiger partial charge on any atom is 0.343 e. The summed E-state index contributed by atoms with van der Waals surface area (Å²) < 4.78 is 11.3. The fraction of sp³-hybridized carbons (Fsp3) is 0.667. The summed E-state index contributed by atoms with van der Waals surface area (Å²) in [6.45, 7) is 13.0. The number of H-pyrrole nitrogens is 1. The molecule has 0 fully saturated rings. The molecule has 0 unspecified atom stereocenters. The van der Waals surface area contributed by atoms with Gasteiger partial charge in [-0.15, -0.1) is 0 Å². The largest absolute Gasteiger partial charge is 0.545 e. The summed E-state index contributed by atoms with van der Waals surface area (Å²) in [5, 5.41) is 0. The Morgan fingerprint density at radius 3 is 2.50 bits per heavy atom. The van der Waals surface area contributed by atoms with Crippen LogP contribution in [-0.2, 0) is 10.2 Å². The first-order valence-electron chi connectivity index (χ1n) is 7.33. The van der Waals surface area contributed by atoms with Crippen molar-refractivity contribution in [3.8, 4) is 5.75 Å². The highest BCUT2D eigenvalue weighted by atomic mass is 28.3. The Morgan fingerprint density at radius 1 is 1.35 bits per heavy atom. The summed E-state index contributed by atoms with van der Waals surface area (Å²) in [5.41, 5.74) is 1.38. The van der Waals surface area contributed by atoms with Gasteiger partial charge in [0, 0.05) is 11.6 Å². The number of ether oxygens (including phenoxy) is 1. The van der Waals surface area contributed by atoms with Crippen LogP contribution in [0.4, 0.5) is 0 Å². The highest BCUT2D eigenvalue weighted by molar-refractivity contribution is 6.49. The Kier molecular flexibility index (Phi) is 5.86. The number of hydrogen-bond acceptors (Lipinski definition) is 3. The number of aromatic nitrogens is 1. The van der Waals surface area contributed by atoms with Gasteiger partial charge in [0.25, 0.3) is 0 Å². The van der Waals surface area contributed by atoms with Gasteiger partial charge in [0.1, 0.15) is 11.3 Å². The Hall–Kier alpha value is -1.23. The summed E-state index contributed by atoms with van der Waals surface area (Å²) in [4.78, 5) is 15.3. The molecule has 0 radical (unpaired) electrons. The van der Waals surface area contributed by atoms with Crippen LogP contribution in [0.3, 0.4) is 0 Å². The lowest BCUT2D eigenvalue weighted by Crippen LogP contribution is -2.19. The molecule has 0 aromatic carbocycles. The quantitative estimate of drug-likeness (QED) is 0.495. The van der Waals surface area contributed by atoms with Crippen LogP contribution in [0.25, 0.3) is 0 Å². The van der Waals surface area contributed by atoms with E-state index in [9.17, 15) is 4.79 Å². The molecule has 0 saturated carbocycles. The number of carbonyl (C=O) groups is 1. The van der Waals surface area contributed by atoms with Crippen molar-refractivity contribution in [2.24, 2.45) is 0 Å². The zero-order valence-electron chi connectivity index (χ0n) is 13.5. The average molecular weight is 297 g/mol. The van der Waals surface area contributed by atoms with Crippen LogP contribution in [0.15, 0.2) is 6.20 Å². The van der Waals surface area contributed by atoms with Crippen LogP contribution < -0.4 is 4.43 Å². The van der Waals surface area contributed by atoms with Gasteiger partial charge in [-0.1, -0.05) is 34.1 Å². The van der Waals surface area contributed by atoms with E-state index in [1.165, 1.54) is 0 Å². The molecular weight excluding hydrogens is 270 g/mol. The Morgan fingerprint density at radius 2 is 2.00 bits per heavy atom. The molecule has 0 saturated heterocycles. The molecule has 1 heterocycles. The predicted octanol–water partition coefficient (Wildman–Crippen LogP) is 3.63. The third-order valence-corrected chi connectivity index (χ3v) is 3.59. The van der Waals surface area contributed by atoms with Crippen LogP contribution in [0.1, 0.15) is 56.6 Å². The smallest absolute Gasteiger partial charge is 0.343 e. The Balaban J connectivity index is 3.01. The van der Waals surface area contributed by atoms with E-state index in [0.29, 0.717) is 17.9 Å². The highest BCUT2D eigenvalue weighted by Gasteiger charge is 2.27. The summed E-state index contributed by atoms with van der Waals surface area (Å²) in [5.74, 6) is 0.385. The maximum absolute atomic E-state index is 12.2. The maximum atomic E-state index is 12.2. The fourth-order valence-electron chi connectivity index (χ4n) is 1.86. The van der Waals surface area contributed by atoms with Gasteiger partial charge in [-0.05, 0) is 19.5 Å². The summed E-state index contributed by atoms with van der Waals surface area (Å²) in [6.07, 6.45) is 3.61. The normalized spacial score (nSPS) is 11.8. The van der Waals surface area contributed by atoms with E-state index in [1.54, 1.807) is 6.20 Å². The van der Waals surface area contributed by atoms with Gasteiger partial charge in [-0.2, -0.15) is 0 Å². The van der Waals surface area contributed by atoms with Crippen molar-refractivity contribution in [3.05, 3.63) is 17.5 Å². The van der Waals surface area contributed by atoms with Crippen LogP contribution >= 0.6 is 0 Å². The van der Waals surface area contributed by atoms with Crippen molar-refractivity contribution >= 4 is 15.0 Å². The van der Waals surface area contributed by atoms with Crippen molar-refractivity contribution in [3.63, 3.8) is 0 Å². The highest BCUT2D eigenvalue weighted by Crippen LogP contribution is 2.34. The van der Waals surface area contributed by atoms with Gasteiger partial charge in [-0.3, -0.25) is 0 Å². The number of nitrogens with one attached hydrogen (secondary N) is 1. The van der Waals surface area contributed by atoms with E-state index in [2.05, 4.69) is 45.8 Å². The van der Waals surface area contributed by atoms with Gasteiger partial charge in [0.15, 0.2) is 0 Å². The summed E-state index contributed by atoms with van der Waals surface area (Å²) in [6, 6.07) is 0. The lowest BCUT2D eigenvalue weighted by Gasteiger charge is -2.21. The first-order chi connectivity index (χ1) is 9.27. The predicted molar refractivity (Wildman–Crippen MR) is 84.2 cm³/mol. The first-order valence-corrected chi connectivity index (χ1v) is 10.1. The number of esters is 1. The van der Waals surface area contributed by atoms with Crippen LogP contribution in [0.2, 0.25) is 13.1 Å². The molecule has 5 heteroatoms. The van der Waals surface area contributed by atoms with Gasteiger partial charge in [0.2, 0.25) is 9.04 Å². The van der Waals surface area contributed by atoms with Crippen LogP contribution in [-0.4, -0.2) is 26.6 Å². The lowest BCUT2D eigenvalue weighted by molar-refractivity contribution is 0.0498. The second kappa shape index (κ2) is 6.97. The Bertz CT molecular complexity index is 446. The molecule has 1 aromatic rings. The van der Waals surface area contributed by atoms with E-state index in [-0.39, 0.29) is 11.4 Å². The van der Waals surface area contributed by atoms with E-state index in [4.69, 9.17) is 9.16 Å². The number of carbonyl (C=O) groups excluding carboxylic acids is 1. The second-order valence-corrected chi connectivity index (χ2v) is 8.65. The standard InChI is InChI=1S/C15H27NO3Si/c1-7-8-9-18-14(17)11-10-16-13(15(2,3)4)12(11)19-20(5)6/h10,16,20H,7-9H2,1-6H3. The van der Waals surface area contributed by atoms with Gasteiger partial charge >= 0.3 is 5.97 Å². The zero-order valence-corrected chi connectivity index (χ0v) is 14.7. The van der Waals surface area contributed by atoms with E-state index in [0.717, 1.165) is 18.5 Å². The molecule has 0 spiro atoms. The molecule has 0 bridgehead atoms. The van der Waals surface area contributed by atoms with E-state index >= 15 is 0 Å². The molecule has 4 nitrogen and oxygen atoms in total.